The van der Waals surface area contributed by atoms with Crippen LogP contribution in [0.3, 0.4) is 0 Å². The van der Waals surface area contributed by atoms with Gasteiger partial charge >= 0.3 is 0 Å². The fourth-order valence-electron chi connectivity index (χ4n) is 1.73. The van der Waals surface area contributed by atoms with Gasteiger partial charge in [0.05, 0.1) is 19.7 Å². The van der Waals surface area contributed by atoms with Crippen LogP contribution in [0.1, 0.15) is 11.1 Å². The van der Waals surface area contributed by atoms with Crippen molar-refractivity contribution in [3.63, 3.8) is 0 Å². The summed E-state index contributed by atoms with van der Waals surface area (Å²) in [6, 6.07) is 15.0. The van der Waals surface area contributed by atoms with Gasteiger partial charge < -0.3 is 4.74 Å². The maximum absolute atomic E-state index is 11.7. The summed E-state index contributed by atoms with van der Waals surface area (Å²) in [5.74, 6) is 0.594. The molecule has 0 heterocycles. The molecule has 0 aromatic heterocycles. The number of carbonyl (C=O) groups is 1. The van der Waals surface area contributed by atoms with Crippen LogP contribution < -0.4 is 10.2 Å². The number of hydrogen-bond donors (Lipinski definition) is 1. The van der Waals surface area contributed by atoms with Crippen molar-refractivity contribution in [1.82, 2.24) is 5.43 Å². The first kappa shape index (κ1) is 15.3. The lowest BCUT2D eigenvalue weighted by molar-refractivity contribution is -0.120. The van der Waals surface area contributed by atoms with Gasteiger partial charge in [-0.25, -0.2) is 5.43 Å². The normalized spacial score (nSPS) is 10.6. The third-order valence-electron chi connectivity index (χ3n) is 2.77. The van der Waals surface area contributed by atoms with Crippen LogP contribution >= 0.6 is 15.9 Å². The number of ether oxygens (including phenoxy) is 1. The standard InChI is InChI=1S/C16H15BrN2O2/c1-21-15-4-2-3-13(9-15)11-18-19-16(20)10-12-5-7-14(17)8-6-12/h2-9,11H,10H2,1H3,(H,19,20). The molecular weight excluding hydrogens is 332 g/mol. The van der Waals surface area contributed by atoms with E-state index < -0.39 is 0 Å². The number of hydrogen-bond acceptors (Lipinski definition) is 3. The third kappa shape index (κ3) is 5.04. The molecule has 108 valence electrons. The minimum Gasteiger partial charge on any atom is -0.497 e. The number of benzene rings is 2. The summed E-state index contributed by atoms with van der Waals surface area (Å²) in [7, 11) is 1.61. The second-order valence-electron chi connectivity index (χ2n) is 4.37. The van der Waals surface area contributed by atoms with Gasteiger partial charge in [0.15, 0.2) is 0 Å². The van der Waals surface area contributed by atoms with Crippen LogP contribution in [-0.4, -0.2) is 19.2 Å². The Morgan fingerprint density at radius 2 is 2.05 bits per heavy atom. The molecular formula is C16H15BrN2O2. The van der Waals surface area contributed by atoms with E-state index >= 15 is 0 Å². The highest BCUT2D eigenvalue weighted by molar-refractivity contribution is 9.10. The van der Waals surface area contributed by atoms with Gasteiger partial charge in [-0.1, -0.05) is 40.2 Å². The second-order valence-corrected chi connectivity index (χ2v) is 5.29. The van der Waals surface area contributed by atoms with E-state index in [2.05, 4.69) is 26.5 Å². The summed E-state index contributed by atoms with van der Waals surface area (Å²) >= 11 is 3.36. The van der Waals surface area contributed by atoms with Gasteiger partial charge in [0.25, 0.3) is 0 Å². The highest BCUT2D eigenvalue weighted by atomic mass is 79.9. The van der Waals surface area contributed by atoms with Crippen molar-refractivity contribution in [3.05, 3.63) is 64.1 Å². The zero-order valence-corrected chi connectivity index (χ0v) is 13.1. The van der Waals surface area contributed by atoms with Crippen molar-refractivity contribution < 1.29 is 9.53 Å². The molecule has 0 radical (unpaired) electrons. The maximum Gasteiger partial charge on any atom is 0.244 e. The van der Waals surface area contributed by atoms with Crippen molar-refractivity contribution in [1.29, 1.82) is 0 Å². The molecule has 0 aliphatic carbocycles. The van der Waals surface area contributed by atoms with Crippen LogP contribution in [0.4, 0.5) is 0 Å². The van der Waals surface area contributed by atoms with Crippen LogP contribution in [0.5, 0.6) is 5.75 Å². The molecule has 0 atom stereocenters. The molecule has 0 aliphatic heterocycles. The third-order valence-corrected chi connectivity index (χ3v) is 3.30. The van der Waals surface area contributed by atoms with Gasteiger partial charge in [-0.3, -0.25) is 4.79 Å². The maximum atomic E-state index is 11.7. The molecule has 1 amide bonds. The van der Waals surface area contributed by atoms with Gasteiger partial charge in [-0.15, -0.1) is 0 Å². The Morgan fingerprint density at radius 3 is 2.76 bits per heavy atom. The predicted octanol–water partition coefficient (Wildman–Crippen LogP) is 3.15. The summed E-state index contributed by atoms with van der Waals surface area (Å²) in [5, 5.41) is 3.94. The Balaban J connectivity index is 1.88. The summed E-state index contributed by atoms with van der Waals surface area (Å²) in [5.41, 5.74) is 4.31. The number of nitrogens with one attached hydrogen (secondary N) is 1. The van der Waals surface area contributed by atoms with Crippen molar-refractivity contribution in [2.24, 2.45) is 5.10 Å². The fourth-order valence-corrected chi connectivity index (χ4v) is 1.99. The van der Waals surface area contributed by atoms with Gasteiger partial charge in [0.2, 0.25) is 5.91 Å². The van der Waals surface area contributed by atoms with Gasteiger partial charge in [-0.2, -0.15) is 5.10 Å². The van der Waals surface area contributed by atoms with Gasteiger partial charge in [0.1, 0.15) is 5.75 Å². The van der Waals surface area contributed by atoms with Gasteiger partial charge in [0, 0.05) is 4.47 Å². The molecule has 0 saturated carbocycles. The molecule has 0 fully saturated rings. The molecule has 2 aromatic carbocycles. The number of nitrogens with zero attached hydrogens (tertiary/aromatic N) is 1. The highest BCUT2D eigenvalue weighted by Crippen LogP contribution is 2.11. The molecule has 1 N–H and O–H groups in total. The van der Waals surface area contributed by atoms with Crippen molar-refractivity contribution in [2.75, 3.05) is 7.11 Å². The number of hydrazone groups is 1. The summed E-state index contributed by atoms with van der Waals surface area (Å²) < 4.78 is 6.11. The number of carbonyl (C=O) groups excluding carboxylic acids is 1. The minimum absolute atomic E-state index is 0.156. The van der Waals surface area contributed by atoms with Crippen molar-refractivity contribution in [2.45, 2.75) is 6.42 Å². The largest absolute Gasteiger partial charge is 0.497 e. The zero-order chi connectivity index (χ0) is 15.1. The number of rotatable bonds is 5. The highest BCUT2D eigenvalue weighted by Gasteiger charge is 2.01. The van der Waals surface area contributed by atoms with E-state index in [0.717, 1.165) is 21.3 Å². The molecule has 0 bridgehead atoms. The Morgan fingerprint density at radius 1 is 1.29 bits per heavy atom. The van der Waals surface area contributed by atoms with Crippen LogP contribution in [0, 0.1) is 0 Å². The SMILES string of the molecule is COc1cccc(C=NNC(=O)Cc2ccc(Br)cc2)c1. The smallest absolute Gasteiger partial charge is 0.244 e. The van der Waals surface area contributed by atoms with E-state index in [0.29, 0.717) is 6.42 Å². The topological polar surface area (TPSA) is 50.7 Å². The molecule has 2 rings (SSSR count). The minimum atomic E-state index is -0.156. The summed E-state index contributed by atoms with van der Waals surface area (Å²) in [4.78, 5) is 11.7. The quantitative estimate of drug-likeness (QED) is 0.667. The van der Waals surface area contributed by atoms with Crippen LogP contribution in [0.15, 0.2) is 58.1 Å². The molecule has 0 aliphatic rings. The van der Waals surface area contributed by atoms with E-state index in [1.807, 2.05) is 48.5 Å². The number of halogens is 1. The first-order valence-corrected chi connectivity index (χ1v) is 7.17. The molecule has 5 heteroatoms. The van der Waals surface area contributed by atoms with E-state index in [-0.39, 0.29) is 5.91 Å². The Kier molecular flexibility index (Phi) is 5.51. The number of amides is 1. The lowest BCUT2D eigenvalue weighted by Gasteiger charge is -2.01. The lowest BCUT2D eigenvalue weighted by Crippen LogP contribution is -2.19. The predicted molar refractivity (Wildman–Crippen MR) is 86.6 cm³/mol. The molecule has 2 aromatic rings. The van der Waals surface area contributed by atoms with Crippen molar-refractivity contribution >= 4 is 28.1 Å². The summed E-state index contributed by atoms with van der Waals surface area (Å²) in [6.45, 7) is 0. The van der Waals surface area contributed by atoms with E-state index in [1.54, 1.807) is 13.3 Å². The number of methoxy groups -OCH3 is 1. The zero-order valence-electron chi connectivity index (χ0n) is 11.5. The molecule has 0 saturated heterocycles. The molecule has 21 heavy (non-hydrogen) atoms. The molecule has 0 spiro atoms. The fraction of sp³-hybridized carbons (Fsp3) is 0.125. The van der Waals surface area contributed by atoms with Crippen molar-refractivity contribution in [3.8, 4) is 5.75 Å². The Bertz CT molecular complexity index is 639. The van der Waals surface area contributed by atoms with E-state index in [4.69, 9.17) is 4.74 Å². The molecule has 0 unspecified atom stereocenters. The first-order chi connectivity index (χ1) is 10.2. The lowest BCUT2D eigenvalue weighted by atomic mass is 10.1. The second kappa shape index (κ2) is 7.59. The summed E-state index contributed by atoms with van der Waals surface area (Å²) in [6.07, 6.45) is 1.88. The van der Waals surface area contributed by atoms with Crippen LogP contribution in [-0.2, 0) is 11.2 Å². The van der Waals surface area contributed by atoms with Crippen LogP contribution in [0.25, 0.3) is 0 Å². The molecule has 4 nitrogen and oxygen atoms in total. The first-order valence-electron chi connectivity index (χ1n) is 6.38. The Labute approximate surface area is 132 Å². The monoisotopic (exact) mass is 346 g/mol. The van der Waals surface area contributed by atoms with Crippen LogP contribution in [0.2, 0.25) is 0 Å². The van der Waals surface area contributed by atoms with E-state index in [9.17, 15) is 4.79 Å². The Hall–Kier alpha value is -2.14. The average molecular weight is 347 g/mol. The average Bonchev–Trinajstić information content (AvgIpc) is 2.50. The van der Waals surface area contributed by atoms with Gasteiger partial charge in [-0.05, 0) is 35.4 Å². The van der Waals surface area contributed by atoms with E-state index in [1.165, 1.54) is 0 Å².